The maximum absolute atomic E-state index is 14.8. The summed E-state index contributed by atoms with van der Waals surface area (Å²) in [7, 11) is 0. The van der Waals surface area contributed by atoms with E-state index in [9.17, 15) is 4.39 Å². The van der Waals surface area contributed by atoms with Crippen molar-refractivity contribution in [3.63, 3.8) is 0 Å². The quantitative estimate of drug-likeness (QED) is 0.293. The first kappa shape index (κ1) is 19.5. The third-order valence-electron chi connectivity index (χ3n) is 5.08. The molecular weight excluding hydrogens is 385 g/mol. The lowest BCUT2D eigenvalue weighted by atomic mass is 9.93. The molecule has 1 fully saturated rings. The second-order valence-corrected chi connectivity index (χ2v) is 8.30. The molecule has 29 heavy (non-hydrogen) atoms. The summed E-state index contributed by atoms with van der Waals surface area (Å²) in [4.78, 5) is 14.6. The van der Waals surface area contributed by atoms with Gasteiger partial charge in [-0.1, -0.05) is 12.1 Å². The number of nitrogens with one attached hydrogen (secondary N) is 1. The van der Waals surface area contributed by atoms with E-state index in [-0.39, 0.29) is 5.69 Å². The molecule has 1 aliphatic carbocycles. The summed E-state index contributed by atoms with van der Waals surface area (Å²) in [5.74, 6) is 0.159. The molecule has 0 aliphatic heterocycles. The van der Waals surface area contributed by atoms with Crippen molar-refractivity contribution in [3.05, 3.63) is 53.9 Å². The van der Waals surface area contributed by atoms with Gasteiger partial charge in [0, 0.05) is 17.8 Å². The zero-order valence-electron chi connectivity index (χ0n) is 16.2. The molecule has 3 aromatic rings. The molecule has 4 rings (SSSR count). The van der Waals surface area contributed by atoms with Crippen LogP contribution >= 0.6 is 11.3 Å². The van der Waals surface area contributed by atoms with E-state index in [4.69, 9.17) is 15.7 Å². The van der Waals surface area contributed by atoms with E-state index >= 15 is 0 Å². The van der Waals surface area contributed by atoms with Crippen molar-refractivity contribution in [2.45, 2.75) is 44.6 Å². The van der Waals surface area contributed by atoms with Crippen molar-refractivity contribution >= 4 is 23.0 Å². The molecule has 2 heterocycles. The van der Waals surface area contributed by atoms with E-state index in [1.807, 2.05) is 12.1 Å². The Morgan fingerprint density at radius 2 is 2.14 bits per heavy atom. The molecule has 1 aliphatic rings. The summed E-state index contributed by atoms with van der Waals surface area (Å²) in [6.07, 6.45) is 9.83. The van der Waals surface area contributed by atoms with Crippen LogP contribution in [0.2, 0.25) is 0 Å². The highest BCUT2D eigenvalue weighted by atomic mass is 32.1. The van der Waals surface area contributed by atoms with E-state index in [0.717, 1.165) is 47.7 Å². The molecule has 0 saturated heterocycles. The number of unbranched alkanes of at least 4 members (excludes halogenated alkanes) is 1. The second kappa shape index (κ2) is 8.69. The largest absolute Gasteiger partial charge is 0.396 e. The molecule has 3 N–H and O–H groups in total. The van der Waals surface area contributed by atoms with Crippen molar-refractivity contribution in [1.82, 2.24) is 15.0 Å². The lowest BCUT2D eigenvalue weighted by Crippen LogP contribution is -2.27. The van der Waals surface area contributed by atoms with Crippen LogP contribution < -0.4 is 11.1 Å². The molecule has 0 unspecified atom stereocenters. The average molecular weight is 410 g/mol. The molecule has 7 heteroatoms. The standard InChI is InChI=1S/C22H24FN5S/c1-2-3-4-11-18-28-20(15-9-6-10-16(24)19(15)23)21(29-18)17-12-13-25-22(27-17)26-14-7-5-8-14/h2,6,9-10,12-14H,1,3-5,7-8,11,24H2,(H,25,26,27). The molecular formula is C22H24FN5S. The lowest BCUT2D eigenvalue weighted by molar-refractivity contribution is 0.443. The fraction of sp³-hybridized carbons (Fsp3) is 0.318. The first-order valence-electron chi connectivity index (χ1n) is 9.90. The van der Waals surface area contributed by atoms with Crippen LogP contribution in [0.4, 0.5) is 16.0 Å². The average Bonchev–Trinajstić information content (AvgIpc) is 3.11. The van der Waals surface area contributed by atoms with Crippen LogP contribution in [0.25, 0.3) is 21.8 Å². The minimum Gasteiger partial charge on any atom is -0.396 e. The van der Waals surface area contributed by atoms with Crippen molar-refractivity contribution in [2.24, 2.45) is 0 Å². The van der Waals surface area contributed by atoms with Gasteiger partial charge in [-0.2, -0.15) is 0 Å². The van der Waals surface area contributed by atoms with Gasteiger partial charge in [0.2, 0.25) is 5.95 Å². The number of thiazole rings is 1. The first-order valence-corrected chi connectivity index (χ1v) is 10.7. The number of aryl methyl sites for hydroxylation is 1. The summed E-state index contributed by atoms with van der Waals surface area (Å²) >= 11 is 1.55. The lowest BCUT2D eigenvalue weighted by Gasteiger charge is -2.26. The SMILES string of the molecule is C=CCCCc1nc(-c2cccc(N)c2F)c(-c2ccnc(NC3CCC3)n2)s1. The smallest absolute Gasteiger partial charge is 0.223 e. The van der Waals surface area contributed by atoms with Crippen LogP contribution in [0.15, 0.2) is 43.1 Å². The molecule has 150 valence electrons. The Kier molecular flexibility index (Phi) is 5.85. The summed E-state index contributed by atoms with van der Waals surface area (Å²) < 4.78 is 14.8. The molecule has 1 aromatic carbocycles. The van der Waals surface area contributed by atoms with Gasteiger partial charge in [0.25, 0.3) is 0 Å². The van der Waals surface area contributed by atoms with Gasteiger partial charge < -0.3 is 11.1 Å². The molecule has 0 radical (unpaired) electrons. The predicted molar refractivity (Wildman–Crippen MR) is 117 cm³/mol. The highest BCUT2D eigenvalue weighted by Gasteiger charge is 2.21. The van der Waals surface area contributed by atoms with Gasteiger partial charge >= 0.3 is 0 Å². The Bertz CT molecular complexity index is 1010. The Labute approximate surface area is 173 Å². The number of hydrogen-bond donors (Lipinski definition) is 2. The second-order valence-electron chi connectivity index (χ2n) is 7.21. The van der Waals surface area contributed by atoms with Crippen molar-refractivity contribution in [3.8, 4) is 21.8 Å². The van der Waals surface area contributed by atoms with Crippen molar-refractivity contribution < 1.29 is 4.39 Å². The zero-order valence-corrected chi connectivity index (χ0v) is 17.0. The summed E-state index contributed by atoms with van der Waals surface area (Å²) in [5, 5.41) is 4.32. The van der Waals surface area contributed by atoms with Gasteiger partial charge in [0.15, 0.2) is 5.82 Å². The Morgan fingerprint density at radius 3 is 2.90 bits per heavy atom. The first-order chi connectivity index (χ1) is 14.2. The monoisotopic (exact) mass is 409 g/mol. The minimum atomic E-state index is -0.446. The minimum absolute atomic E-state index is 0.115. The molecule has 2 aromatic heterocycles. The highest BCUT2D eigenvalue weighted by Crippen LogP contribution is 2.38. The van der Waals surface area contributed by atoms with E-state index in [1.54, 1.807) is 35.7 Å². The van der Waals surface area contributed by atoms with Crippen LogP contribution in [-0.2, 0) is 6.42 Å². The summed E-state index contributed by atoms with van der Waals surface area (Å²) in [5.41, 5.74) is 7.65. The molecule has 0 spiro atoms. The molecule has 0 atom stereocenters. The molecule has 0 amide bonds. The summed E-state index contributed by atoms with van der Waals surface area (Å²) in [6, 6.07) is 7.30. The number of allylic oxidation sites excluding steroid dienone is 1. The van der Waals surface area contributed by atoms with Crippen molar-refractivity contribution in [1.29, 1.82) is 0 Å². The normalized spacial score (nSPS) is 13.8. The highest BCUT2D eigenvalue weighted by molar-refractivity contribution is 7.15. The van der Waals surface area contributed by atoms with E-state index < -0.39 is 5.82 Å². The van der Waals surface area contributed by atoms with Crippen molar-refractivity contribution in [2.75, 3.05) is 11.1 Å². The third kappa shape index (κ3) is 4.29. The molecule has 0 bridgehead atoms. The molecule has 5 nitrogen and oxygen atoms in total. The fourth-order valence-corrected chi connectivity index (χ4v) is 4.34. The maximum atomic E-state index is 14.8. The maximum Gasteiger partial charge on any atom is 0.223 e. The van der Waals surface area contributed by atoms with E-state index in [0.29, 0.717) is 23.2 Å². The number of nitrogen functional groups attached to an aromatic ring is 1. The van der Waals surface area contributed by atoms with Gasteiger partial charge in [-0.3, -0.25) is 0 Å². The predicted octanol–water partition coefficient (Wildman–Crippen LogP) is 5.46. The van der Waals surface area contributed by atoms with Gasteiger partial charge in [-0.15, -0.1) is 17.9 Å². The number of aromatic nitrogens is 3. The van der Waals surface area contributed by atoms with Crippen LogP contribution in [-0.4, -0.2) is 21.0 Å². The Morgan fingerprint density at radius 1 is 1.28 bits per heavy atom. The Balaban J connectivity index is 1.73. The number of nitrogens with two attached hydrogens (primary N) is 1. The zero-order chi connectivity index (χ0) is 20.2. The van der Waals surface area contributed by atoms with E-state index in [2.05, 4.69) is 16.9 Å². The molecule has 1 saturated carbocycles. The number of anilines is 2. The number of hydrogen-bond acceptors (Lipinski definition) is 6. The third-order valence-corrected chi connectivity index (χ3v) is 6.22. The van der Waals surface area contributed by atoms with Crippen LogP contribution in [0.5, 0.6) is 0 Å². The van der Waals surface area contributed by atoms with E-state index in [1.165, 1.54) is 6.42 Å². The van der Waals surface area contributed by atoms with Crippen LogP contribution in [0.3, 0.4) is 0 Å². The fourth-order valence-electron chi connectivity index (χ4n) is 3.25. The summed E-state index contributed by atoms with van der Waals surface area (Å²) in [6.45, 7) is 3.77. The van der Waals surface area contributed by atoms with Crippen LogP contribution in [0, 0.1) is 5.82 Å². The van der Waals surface area contributed by atoms with Gasteiger partial charge in [-0.05, 0) is 56.7 Å². The van der Waals surface area contributed by atoms with Crippen LogP contribution in [0.1, 0.15) is 37.1 Å². The number of rotatable bonds is 8. The number of benzene rings is 1. The number of halogens is 1. The van der Waals surface area contributed by atoms with Gasteiger partial charge in [-0.25, -0.2) is 19.3 Å². The van der Waals surface area contributed by atoms with Gasteiger partial charge in [0.05, 0.1) is 27.0 Å². The Hall–Kier alpha value is -2.80. The van der Waals surface area contributed by atoms with Gasteiger partial charge in [0.1, 0.15) is 0 Å². The topological polar surface area (TPSA) is 76.7 Å². The number of nitrogens with zero attached hydrogens (tertiary/aromatic N) is 3.